The van der Waals surface area contributed by atoms with Gasteiger partial charge in [0.1, 0.15) is 17.3 Å². The molecule has 0 unspecified atom stereocenters. The first-order valence-corrected chi connectivity index (χ1v) is 7.76. The Morgan fingerprint density at radius 1 is 1.32 bits per heavy atom. The smallest absolute Gasteiger partial charge is 0.211 e. The van der Waals surface area contributed by atoms with Crippen LogP contribution in [0.4, 0.5) is 15.8 Å². The van der Waals surface area contributed by atoms with Crippen LogP contribution in [-0.2, 0) is 0 Å². The van der Waals surface area contributed by atoms with Crippen LogP contribution in [0.2, 0.25) is 10.0 Å². The van der Waals surface area contributed by atoms with Gasteiger partial charge in [0.15, 0.2) is 0 Å². The molecule has 8 heteroatoms. The van der Waals surface area contributed by atoms with Crippen molar-refractivity contribution in [2.24, 2.45) is 4.99 Å². The van der Waals surface area contributed by atoms with E-state index in [9.17, 15) is 4.39 Å². The third-order valence-electron chi connectivity index (χ3n) is 2.91. The van der Waals surface area contributed by atoms with Crippen molar-refractivity contribution in [3.8, 4) is 5.75 Å². The Morgan fingerprint density at radius 2 is 2.14 bits per heavy atom. The van der Waals surface area contributed by atoms with E-state index in [0.717, 1.165) is 4.90 Å². The van der Waals surface area contributed by atoms with E-state index in [1.165, 1.54) is 18.0 Å². The second-order valence-corrected chi connectivity index (χ2v) is 6.01. The summed E-state index contributed by atoms with van der Waals surface area (Å²) in [6.45, 7) is 0. The van der Waals surface area contributed by atoms with Crippen molar-refractivity contribution < 1.29 is 9.13 Å². The maximum absolute atomic E-state index is 13.5. The van der Waals surface area contributed by atoms with Gasteiger partial charge in [0.25, 0.3) is 0 Å². The van der Waals surface area contributed by atoms with Crippen LogP contribution in [0.1, 0.15) is 0 Å². The molecule has 0 atom stereocenters. The van der Waals surface area contributed by atoms with Crippen molar-refractivity contribution in [3.05, 3.63) is 46.2 Å². The maximum atomic E-state index is 13.5. The minimum absolute atomic E-state index is 0.00543. The van der Waals surface area contributed by atoms with Gasteiger partial charge in [-0.25, -0.2) is 9.38 Å². The summed E-state index contributed by atoms with van der Waals surface area (Å²) in [5, 5.41) is 3.52. The molecule has 1 aliphatic rings. The van der Waals surface area contributed by atoms with E-state index in [-0.39, 0.29) is 5.02 Å². The van der Waals surface area contributed by atoms with Gasteiger partial charge in [-0.1, -0.05) is 29.3 Å². The zero-order valence-corrected chi connectivity index (χ0v) is 13.6. The highest BCUT2D eigenvalue weighted by atomic mass is 35.5. The third-order valence-corrected chi connectivity index (χ3v) is 4.34. The molecule has 2 N–H and O–H groups in total. The predicted octanol–water partition coefficient (Wildman–Crippen LogP) is 4.85. The molecule has 0 aromatic heterocycles. The van der Waals surface area contributed by atoms with Crippen molar-refractivity contribution >= 4 is 52.5 Å². The van der Waals surface area contributed by atoms with Crippen LogP contribution < -0.4 is 14.8 Å². The molecular weight excluding hydrogens is 348 g/mol. The standard InChI is InChI=1S/C14H10Cl2FN3OS/c1-21-10-5-7(15)6-11-13(10)19-14(20-22-11)18-9-4-2-3-8(17)12(9)16/h2-6H,1H3,(H2,18,19,20). The third kappa shape index (κ3) is 2.95. The summed E-state index contributed by atoms with van der Waals surface area (Å²) in [5.41, 5.74) is 1.07. The molecule has 3 rings (SSSR count). The van der Waals surface area contributed by atoms with Crippen LogP contribution in [-0.4, -0.2) is 13.1 Å². The molecule has 1 heterocycles. The molecule has 0 saturated heterocycles. The van der Waals surface area contributed by atoms with E-state index in [4.69, 9.17) is 27.9 Å². The first-order chi connectivity index (χ1) is 10.6. The summed E-state index contributed by atoms with van der Waals surface area (Å²) < 4.78 is 21.8. The van der Waals surface area contributed by atoms with Gasteiger partial charge in [-0.05, 0) is 30.1 Å². The number of halogens is 3. The normalized spacial score (nSPS) is 13.0. The lowest BCUT2D eigenvalue weighted by Crippen LogP contribution is -2.27. The van der Waals surface area contributed by atoms with Gasteiger partial charge in [0.05, 0.1) is 22.7 Å². The maximum Gasteiger partial charge on any atom is 0.211 e. The lowest BCUT2D eigenvalue weighted by molar-refractivity contribution is 0.415. The number of hydrogen-bond acceptors (Lipinski definition) is 5. The van der Waals surface area contributed by atoms with E-state index < -0.39 is 5.82 Å². The molecule has 2 aromatic carbocycles. The Kier molecular flexibility index (Phi) is 4.33. The molecule has 1 aliphatic heterocycles. The largest absolute Gasteiger partial charge is 0.494 e. The molecule has 0 bridgehead atoms. The Morgan fingerprint density at radius 3 is 2.91 bits per heavy atom. The number of guanidine groups is 1. The van der Waals surface area contributed by atoms with Gasteiger partial charge in [-0.15, -0.1) is 0 Å². The highest BCUT2D eigenvalue weighted by molar-refractivity contribution is 7.98. The van der Waals surface area contributed by atoms with Crippen molar-refractivity contribution in [2.75, 3.05) is 12.4 Å². The fourth-order valence-electron chi connectivity index (χ4n) is 1.91. The average Bonchev–Trinajstić information content (AvgIpc) is 2.51. The summed E-state index contributed by atoms with van der Waals surface area (Å²) >= 11 is 13.3. The molecule has 22 heavy (non-hydrogen) atoms. The molecule has 114 valence electrons. The first kappa shape index (κ1) is 15.3. The highest BCUT2D eigenvalue weighted by Gasteiger charge is 2.18. The summed E-state index contributed by atoms with van der Waals surface area (Å²) in [6, 6.07) is 7.98. The molecular formula is C14H10Cl2FN3OS. The number of rotatable bonds is 2. The van der Waals surface area contributed by atoms with Gasteiger partial charge in [0.2, 0.25) is 5.96 Å². The van der Waals surface area contributed by atoms with Crippen molar-refractivity contribution in [2.45, 2.75) is 4.90 Å². The molecule has 0 aliphatic carbocycles. The molecule has 0 fully saturated rings. The van der Waals surface area contributed by atoms with Crippen LogP contribution >= 0.6 is 35.1 Å². The Balaban J connectivity index is 1.96. The quantitative estimate of drug-likeness (QED) is 0.754. The number of ether oxygens (including phenoxy) is 1. The lowest BCUT2D eigenvalue weighted by atomic mass is 10.3. The number of methoxy groups -OCH3 is 1. The SMILES string of the molecule is COc1cc(Cl)cc2c1N=C(Nc1cccc(F)c1Cl)NS2. The van der Waals surface area contributed by atoms with Gasteiger partial charge < -0.3 is 10.1 Å². The fourth-order valence-corrected chi connectivity index (χ4v) is 3.09. The van der Waals surface area contributed by atoms with Gasteiger partial charge in [-0.3, -0.25) is 4.72 Å². The molecule has 0 radical (unpaired) electrons. The van der Waals surface area contributed by atoms with Crippen LogP contribution in [0.5, 0.6) is 5.75 Å². The highest BCUT2D eigenvalue weighted by Crippen LogP contribution is 2.41. The van der Waals surface area contributed by atoms with Crippen molar-refractivity contribution in [3.63, 3.8) is 0 Å². The van der Waals surface area contributed by atoms with Gasteiger partial charge in [0, 0.05) is 11.1 Å². The lowest BCUT2D eigenvalue weighted by Gasteiger charge is -2.20. The van der Waals surface area contributed by atoms with Crippen molar-refractivity contribution in [1.82, 2.24) is 4.72 Å². The number of nitrogens with one attached hydrogen (secondary N) is 2. The Bertz CT molecular complexity index is 770. The predicted molar refractivity (Wildman–Crippen MR) is 89.1 cm³/mol. The minimum Gasteiger partial charge on any atom is -0.494 e. The van der Waals surface area contributed by atoms with Crippen LogP contribution in [0, 0.1) is 5.82 Å². The molecule has 4 nitrogen and oxygen atoms in total. The summed E-state index contributed by atoms with van der Waals surface area (Å²) in [6.07, 6.45) is 0. The zero-order chi connectivity index (χ0) is 15.7. The number of fused-ring (bicyclic) bond motifs is 1. The zero-order valence-electron chi connectivity index (χ0n) is 11.3. The van der Waals surface area contributed by atoms with Crippen LogP contribution in [0.25, 0.3) is 0 Å². The Hall–Kier alpha value is -1.63. The van der Waals surface area contributed by atoms with E-state index in [1.807, 2.05) is 0 Å². The second-order valence-electron chi connectivity index (χ2n) is 4.35. The monoisotopic (exact) mass is 357 g/mol. The topological polar surface area (TPSA) is 45.6 Å². The first-order valence-electron chi connectivity index (χ1n) is 6.18. The number of nitrogens with zero attached hydrogens (tertiary/aromatic N) is 1. The number of anilines is 1. The number of aliphatic imine (C=N–C) groups is 1. The molecule has 0 amide bonds. The van der Waals surface area contributed by atoms with E-state index in [1.54, 1.807) is 31.4 Å². The molecule has 0 spiro atoms. The van der Waals surface area contributed by atoms with Crippen LogP contribution in [0.15, 0.2) is 40.2 Å². The number of benzene rings is 2. The van der Waals surface area contributed by atoms with E-state index >= 15 is 0 Å². The summed E-state index contributed by atoms with van der Waals surface area (Å²) in [5.74, 6) is 0.479. The average molecular weight is 358 g/mol. The Labute approximate surface area is 140 Å². The van der Waals surface area contributed by atoms with Gasteiger partial charge in [-0.2, -0.15) is 0 Å². The van der Waals surface area contributed by atoms with Crippen LogP contribution in [0.3, 0.4) is 0 Å². The molecule has 0 saturated carbocycles. The fraction of sp³-hybridized carbons (Fsp3) is 0.0714. The van der Waals surface area contributed by atoms with Gasteiger partial charge >= 0.3 is 0 Å². The van der Waals surface area contributed by atoms with E-state index in [2.05, 4.69) is 15.0 Å². The minimum atomic E-state index is -0.500. The summed E-state index contributed by atoms with van der Waals surface area (Å²) in [4.78, 5) is 5.27. The van der Waals surface area contributed by atoms with E-state index in [0.29, 0.717) is 28.1 Å². The summed E-state index contributed by atoms with van der Waals surface area (Å²) in [7, 11) is 1.55. The second kappa shape index (κ2) is 6.24. The van der Waals surface area contributed by atoms with Crippen molar-refractivity contribution in [1.29, 1.82) is 0 Å². The molecule has 2 aromatic rings. The number of hydrogen-bond donors (Lipinski definition) is 2.